The molecule has 0 radical (unpaired) electrons. The Labute approximate surface area is 163 Å². The zero-order valence-electron chi connectivity index (χ0n) is 15.3. The fourth-order valence-electron chi connectivity index (χ4n) is 3.01. The van der Waals surface area contributed by atoms with Gasteiger partial charge in [-0.3, -0.25) is 4.79 Å². The predicted molar refractivity (Wildman–Crippen MR) is 108 cm³/mol. The summed E-state index contributed by atoms with van der Waals surface area (Å²) in [4.78, 5) is 22.2. The highest BCUT2D eigenvalue weighted by atomic mass is 32.2. The quantitative estimate of drug-likeness (QED) is 0.655. The highest BCUT2D eigenvalue weighted by Crippen LogP contribution is 2.27. The van der Waals surface area contributed by atoms with Crippen LogP contribution in [0, 0.1) is 0 Å². The van der Waals surface area contributed by atoms with Gasteiger partial charge in [0.2, 0.25) is 5.95 Å². The Morgan fingerprint density at radius 3 is 2.43 bits per heavy atom. The summed E-state index contributed by atoms with van der Waals surface area (Å²) >= 11 is 0. The fraction of sp³-hybridized carbons (Fsp3) is 0.389. The number of sulfone groups is 1. The van der Waals surface area contributed by atoms with Gasteiger partial charge in [0.1, 0.15) is 5.82 Å². The summed E-state index contributed by atoms with van der Waals surface area (Å²) in [6.07, 6.45) is 3.51. The number of rotatable bonds is 6. The largest absolute Gasteiger partial charge is 0.369 e. The average molecular weight is 402 g/mol. The van der Waals surface area contributed by atoms with Gasteiger partial charge in [0, 0.05) is 36.7 Å². The highest BCUT2D eigenvalue weighted by molar-refractivity contribution is 7.91. The molecule has 0 spiro atoms. The fourth-order valence-corrected chi connectivity index (χ4v) is 4.21. The van der Waals surface area contributed by atoms with E-state index in [-0.39, 0.29) is 17.1 Å². The number of hydrogen-bond acceptors (Lipinski definition) is 8. The number of carbonyl (C=O) groups is 1. The maximum Gasteiger partial charge on any atom is 0.254 e. The molecule has 1 aliphatic heterocycles. The second-order valence-corrected chi connectivity index (χ2v) is 9.35. The molecule has 10 heteroatoms. The number of hydrogen-bond donors (Lipinski definition) is 3. The Balaban J connectivity index is 1.46. The van der Waals surface area contributed by atoms with Gasteiger partial charge < -0.3 is 21.3 Å². The number of nitrogens with one attached hydrogen (secondary N) is 2. The number of primary amides is 1. The maximum atomic E-state index is 11.6. The Morgan fingerprint density at radius 1 is 1.14 bits per heavy atom. The minimum Gasteiger partial charge on any atom is -0.369 e. The van der Waals surface area contributed by atoms with E-state index in [0.717, 1.165) is 24.2 Å². The third kappa shape index (κ3) is 4.33. The second-order valence-electron chi connectivity index (χ2n) is 7.05. The number of benzene rings is 1. The first-order chi connectivity index (χ1) is 13.4. The highest BCUT2D eigenvalue weighted by Gasteiger charge is 2.24. The van der Waals surface area contributed by atoms with Crippen LogP contribution in [0.15, 0.2) is 30.5 Å². The Morgan fingerprint density at radius 2 is 1.82 bits per heavy atom. The summed E-state index contributed by atoms with van der Waals surface area (Å²) in [7, 11) is -2.90. The van der Waals surface area contributed by atoms with Crippen LogP contribution in [0.4, 0.5) is 23.1 Å². The van der Waals surface area contributed by atoms with Gasteiger partial charge in [-0.25, -0.2) is 13.4 Å². The molecule has 1 aromatic heterocycles. The van der Waals surface area contributed by atoms with Gasteiger partial charge in [-0.15, -0.1) is 0 Å². The third-order valence-corrected chi connectivity index (χ3v) is 6.41. The lowest BCUT2D eigenvalue weighted by Gasteiger charge is -2.28. The van der Waals surface area contributed by atoms with Crippen LogP contribution >= 0.6 is 0 Å². The van der Waals surface area contributed by atoms with E-state index in [1.807, 2.05) is 24.3 Å². The van der Waals surface area contributed by atoms with Crippen molar-refractivity contribution in [1.29, 1.82) is 0 Å². The molecule has 2 fully saturated rings. The van der Waals surface area contributed by atoms with Crippen LogP contribution in [0.3, 0.4) is 0 Å². The van der Waals surface area contributed by atoms with Crippen LogP contribution in [-0.4, -0.2) is 54.9 Å². The molecule has 1 saturated carbocycles. The SMILES string of the molecule is NC(=O)c1cnc(Nc2ccc(N3CCS(=O)(=O)CC3)cc2)nc1NC1CC1. The predicted octanol–water partition coefficient (Wildman–Crippen LogP) is 1.13. The number of amides is 1. The van der Waals surface area contributed by atoms with Crippen molar-refractivity contribution in [3.05, 3.63) is 36.0 Å². The third-order valence-electron chi connectivity index (χ3n) is 4.81. The molecule has 0 atom stereocenters. The van der Waals surface area contributed by atoms with Crippen molar-refractivity contribution in [1.82, 2.24) is 9.97 Å². The molecular formula is C18H22N6O3S. The number of carbonyl (C=O) groups excluding carboxylic acids is 1. The van der Waals surface area contributed by atoms with E-state index in [4.69, 9.17) is 5.73 Å². The normalized spacial score (nSPS) is 18.5. The van der Waals surface area contributed by atoms with Gasteiger partial charge in [0.15, 0.2) is 9.84 Å². The maximum absolute atomic E-state index is 11.6. The van der Waals surface area contributed by atoms with Crippen molar-refractivity contribution in [3.8, 4) is 0 Å². The lowest BCUT2D eigenvalue weighted by molar-refractivity contribution is 0.100. The van der Waals surface area contributed by atoms with Crippen LogP contribution in [0.5, 0.6) is 0 Å². The number of nitrogens with two attached hydrogens (primary N) is 1. The van der Waals surface area contributed by atoms with E-state index in [2.05, 4.69) is 25.5 Å². The first kappa shape index (κ1) is 18.5. The summed E-state index contributed by atoms with van der Waals surface area (Å²) in [5.41, 5.74) is 7.43. The smallest absolute Gasteiger partial charge is 0.254 e. The molecule has 0 bridgehead atoms. The minimum absolute atomic E-state index is 0.184. The van der Waals surface area contributed by atoms with Gasteiger partial charge in [-0.05, 0) is 37.1 Å². The number of aromatic nitrogens is 2. The first-order valence-electron chi connectivity index (χ1n) is 9.15. The van der Waals surface area contributed by atoms with Crippen molar-refractivity contribution in [2.75, 3.05) is 40.1 Å². The Bertz CT molecular complexity index is 975. The molecule has 1 aliphatic carbocycles. The van der Waals surface area contributed by atoms with Crippen LogP contribution < -0.4 is 21.3 Å². The summed E-state index contributed by atoms with van der Waals surface area (Å²) in [5, 5.41) is 6.32. The van der Waals surface area contributed by atoms with E-state index in [0.29, 0.717) is 30.9 Å². The van der Waals surface area contributed by atoms with E-state index in [1.165, 1.54) is 6.20 Å². The van der Waals surface area contributed by atoms with Crippen LogP contribution in [0.25, 0.3) is 0 Å². The van der Waals surface area contributed by atoms with Crippen molar-refractivity contribution >= 4 is 38.9 Å². The van der Waals surface area contributed by atoms with Gasteiger partial charge in [0.05, 0.1) is 17.1 Å². The molecule has 1 aromatic carbocycles. The van der Waals surface area contributed by atoms with Gasteiger partial charge in [-0.2, -0.15) is 4.98 Å². The van der Waals surface area contributed by atoms with Gasteiger partial charge >= 0.3 is 0 Å². The van der Waals surface area contributed by atoms with E-state index >= 15 is 0 Å². The topological polar surface area (TPSA) is 130 Å². The molecule has 0 unspecified atom stereocenters. The molecule has 28 heavy (non-hydrogen) atoms. The van der Waals surface area contributed by atoms with Crippen molar-refractivity contribution in [3.63, 3.8) is 0 Å². The van der Waals surface area contributed by atoms with Gasteiger partial charge in [0.25, 0.3) is 5.91 Å². The Hall–Kier alpha value is -2.88. The molecule has 2 heterocycles. The monoisotopic (exact) mass is 402 g/mol. The second kappa shape index (κ2) is 7.27. The van der Waals surface area contributed by atoms with E-state index in [9.17, 15) is 13.2 Å². The Kier molecular flexibility index (Phi) is 4.80. The number of anilines is 4. The number of nitrogens with zero attached hydrogens (tertiary/aromatic N) is 3. The molecule has 4 N–H and O–H groups in total. The minimum atomic E-state index is -2.90. The van der Waals surface area contributed by atoms with E-state index in [1.54, 1.807) is 0 Å². The van der Waals surface area contributed by atoms with Gasteiger partial charge in [-0.1, -0.05) is 0 Å². The van der Waals surface area contributed by atoms with Crippen molar-refractivity contribution in [2.24, 2.45) is 5.73 Å². The lowest BCUT2D eigenvalue weighted by atomic mass is 10.2. The van der Waals surface area contributed by atoms with Crippen LogP contribution in [-0.2, 0) is 9.84 Å². The average Bonchev–Trinajstić information content (AvgIpc) is 3.46. The zero-order chi connectivity index (χ0) is 19.7. The van der Waals surface area contributed by atoms with E-state index < -0.39 is 15.7 Å². The van der Waals surface area contributed by atoms with Crippen molar-refractivity contribution in [2.45, 2.75) is 18.9 Å². The standard InChI is InChI=1S/C18H22N6O3S/c19-16(25)15-11-20-18(23-17(15)21-12-1-2-12)22-13-3-5-14(6-4-13)24-7-9-28(26,27)10-8-24/h3-6,11-12H,1-2,7-10H2,(H2,19,25)(H2,20,21,22,23). The molecule has 2 aromatic rings. The van der Waals surface area contributed by atoms with Crippen LogP contribution in [0.1, 0.15) is 23.2 Å². The molecule has 9 nitrogen and oxygen atoms in total. The lowest BCUT2D eigenvalue weighted by Crippen LogP contribution is -2.40. The summed E-state index contributed by atoms with van der Waals surface area (Å²) < 4.78 is 23.1. The molecule has 1 amide bonds. The molecule has 148 valence electrons. The van der Waals surface area contributed by atoms with Crippen molar-refractivity contribution < 1.29 is 13.2 Å². The van der Waals surface area contributed by atoms with Crippen LogP contribution in [0.2, 0.25) is 0 Å². The first-order valence-corrected chi connectivity index (χ1v) is 11.0. The summed E-state index contributed by atoms with van der Waals surface area (Å²) in [6, 6.07) is 7.96. The molecule has 1 saturated heterocycles. The molecule has 2 aliphatic rings. The summed E-state index contributed by atoms with van der Waals surface area (Å²) in [5.74, 6) is 0.611. The summed E-state index contributed by atoms with van der Waals surface area (Å²) in [6.45, 7) is 1.01. The zero-order valence-corrected chi connectivity index (χ0v) is 16.1. The molecular weight excluding hydrogens is 380 g/mol. The molecule has 4 rings (SSSR count).